The number of morpholine rings is 1. The Morgan fingerprint density at radius 2 is 1.67 bits per heavy atom. The van der Waals surface area contributed by atoms with Gasteiger partial charge in [0.1, 0.15) is 5.82 Å². The molecule has 2 heterocycles. The van der Waals surface area contributed by atoms with Gasteiger partial charge in [-0.05, 0) is 31.5 Å². The molecule has 9 heteroatoms. The van der Waals surface area contributed by atoms with E-state index in [9.17, 15) is 4.39 Å². The molecule has 0 unspecified atom stereocenters. The summed E-state index contributed by atoms with van der Waals surface area (Å²) in [4.78, 5) is 11.4. The zero-order valence-electron chi connectivity index (χ0n) is 17.8. The summed E-state index contributed by atoms with van der Waals surface area (Å²) in [6.45, 7) is 11.0. The quantitative estimate of drug-likeness (QED) is 0.217. The van der Waals surface area contributed by atoms with Gasteiger partial charge in [0.2, 0.25) is 0 Å². The van der Waals surface area contributed by atoms with Crippen LogP contribution in [0.5, 0.6) is 0 Å². The smallest absolute Gasteiger partial charge is 0.188 e. The molecule has 0 aromatic heterocycles. The molecule has 2 aliphatic heterocycles. The number of hydrogen-bond acceptors (Lipinski definition) is 5. The lowest BCUT2D eigenvalue weighted by molar-refractivity contribution is 0.0377. The van der Waals surface area contributed by atoms with E-state index in [0.29, 0.717) is 11.6 Å². The molecule has 2 fully saturated rings. The minimum atomic E-state index is -0.134. The maximum atomic E-state index is 13.9. The molecule has 3 rings (SSSR count). The van der Waals surface area contributed by atoms with Crippen LogP contribution in [0.4, 0.5) is 10.1 Å². The van der Waals surface area contributed by atoms with Crippen molar-refractivity contribution in [2.24, 2.45) is 10.7 Å². The Balaban J connectivity index is 0.00000320. The number of para-hydroxylation sites is 1. The summed E-state index contributed by atoms with van der Waals surface area (Å²) in [6.07, 6.45) is 2.04. The molecule has 0 radical (unpaired) electrons. The number of anilines is 1. The van der Waals surface area contributed by atoms with Gasteiger partial charge in [0.25, 0.3) is 0 Å². The van der Waals surface area contributed by atoms with Crippen LogP contribution in [0.15, 0.2) is 29.3 Å². The molecule has 2 saturated heterocycles. The number of guanidine groups is 1. The van der Waals surface area contributed by atoms with Crippen LogP contribution in [0.2, 0.25) is 0 Å². The molecule has 2 aliphatic rings. The summed E-state index contributed by atoms with van der Waals surface area (Å²) in [6, 6.07) is 7.02. The highest BCUT2D eigenvalue weighted by Gasteiger charge is 2.18. The number of hydrogen-bond donors (Lipinski definition) is 2. The molecule has 3 N–H and O–H groups in total. The van der Waals surface area contributed by atoms with Gasteiger partial charge in [-0.2, -0.15) is 0 Å². The average Bonchev–Trinajstić information content (AvgIpc) is 2.76. The van der Waals surface area contributed by atoms with Crippen LogP contribution >= 0.6 is 24.0 Å². The third-order valence-electron chi connectivity index (χ3n) is 5.54. The number of nitrogens with one attached hydrogen (secondary N) is 1. The second kappa shape index (κ2) is 14.0. The van der Waals surface area contributed by atoms with Gasteiger partial charge in [0.15, 0.2) is 5.96 Å². The number of ether oxygens (including phenoxy) is 1. The molecule has 30 heavy (non-hydrogen) atoms. The Morgan fingerprint density at radius 1 is 1.00 bits per heavy atom. The van der Waals surface area contributed by atoms with Crippen molar-refractivity contribution in [2.75, 3.05) is 83.6 Å². The molecule has 0 spiro atoms. The van der Waals surface area contributed by atoms with Gasteiger partial charge >= 0.3 is 0 Å². The zero-order chi connectivity index (χ0) is 20.3. The number of halogens is 2. The topological polar surface area (TPSA) is 69.4 Å². The molecule has 7 nitrogen and oxygen atoms in total. The molecular weight excluding hydrogens is 498 g/mol. The van der Waals surface area contributed by atoms with Crippen LogP contribution in [-0.4, -0.2) is 94.4 Å². The summed E-state index contributed by atoms with van der Waals surface area (Å²) in [5.74, 6) is 0.404. The first-order valence-electron chi connectivity index (χ1n) is 10.8. The van der Waals surface area contributed by atoms with E-state index in [-0.39, 0.29) is 29.8 Å². The number of nitrogens with two attached hydrogens (primary N) is 1. The third kappa shape index (κ3) is 8.52. The monoisotopic (exact) mass is 534 g/mol. The van der Waals surface area contributed by atoms with E-state index in [2.05, 4.69) is 25.0 Å². The largest absolute Gasteiger partial charge is 0.379 e. The summed E-state index contributed by atoms with van der Waals surface area (Å²) in [5.41, 5.74) is 6.67. The van der Waals surface area contributed by atoms with Crippen molar-refractivity contribution in [1.82, 2.24) is 15.1 Å². The molecular formula is C21H36FIN6O. The lowest BCUT2D eigenvalue weighted by atomic mass is 10.2. The first-order chi connectivity index (χ1) is 14.2. The lowest BCUT2D eigenvalue weighted by Crippen LogP contribution is -2.47. The summed E-state index contributed by atoms with van der Waals surface area (Å²) >= 11 is 0. The maximum Gasteiger partial charge on any atom is 0.188 e. The molecule has 0 amide bonds. The van der Waals surface area contributed by atoms with Crippen molar-refractivity contribution in [1.29, 1.82) is 0 Å². The fraction of sp³-hybridized carbons (Fsp3) is 0.667. The fourth-order valence-electron chi connectivity index (χ4n) is 3.81. The van der Waals surface area contributed by atoms with Crippen molar-refractivity contribution in [3.05, 3.63) is 30.1 Å². The number of aliphatic imine (C=N–C) groups is 1. The minimum absolute atomic E-state index is 0. The molecule has 1 aromatic rings. The Labute approximate surface area is 196 Å². The number of piperazine rings is 1. The molecule has 0 saturated carbocycles. The Hall–Kier alpha value is -1.17. The highest BCUT2D eigenvalue weighted by molar-refractivity contribution is 14.0. The van der Waals surface area contributed by atoms with Crippen LogP contribution < -0.4 is 16.0 Å². The Morgan fingerprint density at radius 3 is 2.40 bits per heavy atom. The van der Waals surface area contributed by atoms with Gasteiger partial charge < -0.3 is 20.7 Å². The predicted molar refractivity (Wildman–Crippen MR) is 131 cm³/mol. The van der Waals surface area contributed by atoms with Gasteiger partial charge in [-0.25, -0.2) is 4.39 Å². The van der Waals surface area contributed by atoms with E-state index in [1.165, 1.54) is 6.07 Å². The van der Waals surface area contributed by atoms with Gasteiger partial charge in [-0.15, -0.1) is 24.0 Å². The normalized spacial score (nSPS) is 18.8. The molecule has 0 aliphatic carbocycles. The van der Waals surface area contributed by atoms with E-state index >= 15 is 0 Å². The predicted octanol–water partition coefficient (Wildman–Crippen LogP) is 1.58. The first-order valence-corrected chi connectivity index (χ1v) is 10.8. The number of nitrogens with zero attached hydrogens (tertiary/aromatic N) is 4. The van der Waals surface area contributed by atoms with Gasteiger partial charge in [0.05, 0.1) is 18.9 Å². The third-order valence-corrected chi connectivity index (χ3v) is 5.54. The maximum absolute atomic E-state index is 13.9. The summed E-state index contributed by atoms with van der Waals surface area (Å²) in [7, 11) is 0. The Kier molecular flexibility index (Phi) is 11.7. The van der Waals surface area contributed by atoms with Crippen molar-refractivity contribution in [3.63, 3.8) is 0 Å². The zero-order valence-corrected chi connectivity index (χ0v) is 20.1. The minimum Gasteiger partial charge on any atom is -0.379 e. The second-order valence-electron chi connectivity index (χ2n) is 7.63. The number of benzene rings is 1. The van der Waals surface area contributed by atoms with Gasteiger partial charge in [0, 0.05) is 58.9 Å². The number of rotatable bonds is 9. The summed E-state index contributed by atoms with van der Waals surface area (Å²) < 4.78 is 19.3. The van der Waals surface area contributed by atoms with Crippen LogP contribution in [0.25, 0.3) is 0 Å². The van der Waals surface area contributed by atoms with E-state index in [4.69, 9.17) is 10.5 Å². The Bertz CT molecular complexity index is 636. The van der Waals surface area contributed by atoms with Gasteiger partial charge in [-0.3, -0.25) is 14.8 Å². The van der Waals surface area contributed by atoms with Crippen LogP contribution in [0.1, 0.15) is 12.8 Å². The van der Waals surface area contributed by atoms with Gasteiger partial charge in [-0.1, -0.05) is 12.1 Å². The van der Waals surface area contributed by atoms with Crippen molar-refractivity contribution in [2.45, 2.75) is 12.8 Å². The standard InChI is InChI=1S/C21H35FN6O.HI/c22-19-5-1-2-6-20(19)28-13-11-26(12-14-28)9-3-7-24-21(23)25-8-4-10-27-15-17-29-18-16-27;/h1-2,5-6H,3-4,7-18H2,(H3,23,24,25);1H. The van der Waals surface area contributed by atoms with Crippen molar-refractivity contribution in [3.8, 4) is 0 Å². The molecule has 0 bridgehead atoms. The van der Waals surface area contributed by atoms with E-state index in [1.807, 2.05) is 12.1 Å². The SMILES string of the molecule is I.NC(=NCCCN1CCOCC1)NCCCN1CCN(c2ccccc2F)CC1. The molecule has 170 valence electrons. The van der Waals surface area contributed by atoms with Crippen LogP contribution in [-0.2, 0) is 4.74 Å². The van der Waals surface area contributed by atoms with Crippen molar-refractivity contribution < 1.29 is 9.13 Å². The lowest BCUT2D eigenvalue weighted by Gasteiger charge is -2.36. The second-order valence-corrected chi connectivity index (χ2v) is 7.63. The average molecular weight is 534 g/mol. The molecule has 1 aromatic carbocycles. The van der Waals surface area contributed by atoms with E-state index < -0.39 is 0 Å². The highest BCUT2D eigenvalue weighted by Crippen LogP contribution is 2.20. The highest BCUT2D eigenvalue weighted by atomic mass is 127. The van der Waals surface area contributed by atoms with Crippen LogP contribution in [0, 0.1) is 5.82 Å². The van der Waals surface area contributed by atoms with E-state index in [1.54, 1.807) is 6.07 Å². The summed E-state index contributed by atoms with van der Waals surface area (Å²) in [5, 5.41) is 3.21. The first kappa shape index (κ1) is 25.1. The van der Waals surface area contributed by atoms with Crippen molar-refractivity contribution >= 4 is 35.6 Å². The molecule has 0 atom stereocenters. The van der Waals surface area contributed by atoms with Crippen LogP contribution in [0.3, 0.4) is 0 Å². The van der Waals surface area contributed by atoms with E-state index in [0.717, 1.165) is 91.5 Å². The fourth-order valence-corrected chi connectivity index (χ4v) is 3.81.